The minimum Gasteiger partial charge on any atom is -0.481 e. The summed E-state index contributed by atoms with van der Waals surface area (Å²) in [7, 11) is 1.49. The van der Waals surface area contributed by atoms with Gasteiger partial charge in [-0.1, -0.05) is 6.92 Å². The van der Waals surface area contributed by atoms with Crippen LogP contribution in [0.15, 0.2) is 21.8 Å². The number of Topliss-reactive ketones (excluding diaryl/α,β-unsaturated/α-hetero) is 3. The number of hydrogen-bond acceptors (Lipinski definition) is 8. The van der Waals surface area contributed by atoms with E-state index in [1.165, 1.54) is 13.4 Å². The predicted molar refractivity (Wildman–Crippen MR) is 119 cm³/mol. The topological polar surface area (TPSA) is 137 Å². The Balaban J connectivity index is 1.71. The van der Waals surface area contributed by atoms with E-state index in [0.717, 1.165) is 0 Å². The fourth-order valence-electron chi connectivity index (χ4n) is 7.04. The third-order valence-corrected chi connectivity index (χ3v) is 8.63. The molecule has 1 aliphatic heterocycles. The maximum atomic E-state index is 13.9. The molecule has 35 heavy (non-hydrogen) atoms. The van der Waals surface area contributed by atoms with Gasteiger partial charge in [-0.05, 0) is 31.3 Å². The van der Waals surface area contributed by atoms with Gasteiger partial charge in [-0.3, -0.25) is 19.2 Å². The van der Waals surface area contributed by atoms with Gasteiger partial charge in [0.25, 0.3) is 0 Å². The van der Waals surface area contributed by atoms with Crippen molar-refractivity contribution in [2.45, 2.75) is 63.9 Å². The smallest absolute Gasteiger partial charge is 0.342 e. The highest BCUT2D eigenvalue weighted by Gasteiger charge is 2.63. The van der Waals surface area contributed by atoms with Crippen LogP contribution in [0.1, 0.15) is 78.8 Å². The lowest BCUT2D eigenvalue weighted by Crippen LogP contribution is -2.55. The van der Waals surface area contributed by atoms with Gasteiger partial charge in [-0.2, -0.15) is 0 Å². The van der Waals surface area contributed by atoms with Crippen LogP contribution in [-0.4, -0.2) is 54.2 Å². The number of carboxylic acids is 1. The third-order valence-electron chi connectivity index (χ3n) is 8.63. The molecule has 0 amide bonds. The van der Waals surface area contributed by atoms with Gasteiger partial charge < -0.3 is 19.0 Å². The molecule has 0 radical (unpaired) electrons. The minimum atomic E-state index is -1.06. The quantitative estimate of drug-likeness (QED) is 0.579. The van der Waals surface area contributed by atoms with E-state index in [2.05, 4.69) is 0 Å². The second kappa shape index (κ2) is 7.98. The lowest BCUT2D eigenvalue weighted by atomic mass is 9.51. The average molecular weight is 485 g/mol. The Labute approximate surface area is 201 Å². The van der Waals surface area contributed by atoms with Crippen molar-refractivity contribution in [3.63, 3.8) is 0 Å². The number of methoxy groups -OCH3 is 1. The highest BCUT2D eigenvalue weighted by Crippen LogP contribution is 2.62. The lowest BCUT2D eigenvalue weighted by molar-refractivity contribution is -0.138. The Morgan fingerprint density at radius 2 is 1.94 bits per heavy atom. The number of ketones is 3. The summed E-state index contributed by atoms with van der Waals surface area (Å²) in [6.45, 7) is 3.81. The van der Waals surface area contributed by atoms with E-state index in [9.17, 15) is 24.0 Å². The molecule has 5 rings (SSSR count). The fraction of sp³-hybridized carbons (Fsp3) is 0.577. The monoisotopic (exact) mass is 484 g/mol. The first-order chi connectivity index (χ1) is 16.5. The van der Waals surface area contributed by atoms with Crippen molar-refractivity contribution in [3.8, 4) is 0 Å². The Kier molecular flexibility index (Phi) is 5.39. The van der Waals surface area contributed by atoms with Crippen molar-refractivity contribution in [3.05, 3.63) is 34.3 Å². The summed E-state index contributed by atoms with van der Waals surface area (Å²) in [4.78, 5) is 63.6. The van der Waals surface area contributed by atoms with Crippen LogP contribution < -0.4 is 0 Å². The second-order valence-corrected chi connectivity index (χ2v) is 10.5. The standard InChI is InChI=1S/C26H28O9/c1-25-9-12(8-13(27)4-7-18(29)30)20-19(15(25)5-6-16(25)28)22(31)23-21-14(10-34-23)24(32)35-17(11-33-3)26(20,21)2/h10,12,15,17H,4-9,11H2,1-3H3,(H,29,30)/t12-,15+,17-,25+,26-/m1/s1. The number of allylic oxidation sites excluding steroid dienone is 1. The number of esters is 1. The summed E-state index contributed by atoms with van der Waals surface area (Å²) >= 11 is 0. The van der Waals surface area contributed by atoms with E-state index >= 15 is 0 Å². The molecule has 0 spiro atoms. The van der Waals surface area contributed by atoms with Crippen molar-refractivity contribution in [2.24, 2.45) is 17.3 Å². The first-order valence-electron chi connectivity index (χ1n) is 11.9. The summed E-state index contributed by atoms with van der Waals surface area (Å²) < 4.78 is 16.8. The number of furan rings is 1. The molecule has 5 atom stereocenters. The first kappa shape index (κ1) is 23.7. The number of rotatable bonds is 7. The third kappa shape index (κ3) is 3.20. The second-order valence-electron chi connectivity index (χ2n) is 10.5. The Hall–Kier alpha value is -3.07. The van der Waals surface area contributed by atoms with Crippen LogP contribution >= 0.6 is 0 Å². The number of carboxylic acid groups (broad SMARTS) is 1. The molecule has 1 aromatic heterocycles. The maximum Gasteiger partial charge on any atom is 0.342 e. The number of carbonyl (C=O) groups is 5. The van der Waals surface area contributed by atoms with Gasteiger partial charge in [0.1, 0.15) is 29.5 Å². The van der Waals surface area contributed by atoms with E-state index in [1.54, 1.807) is 0 Å². The van der Waals surface area contributed by atoms with Crippen LogP contribution in [0.4, 0.5) is 0 Å². The number of carbonyl (C=O) groups excluding carboxylic acids is 4. The number of cyclic esters (lactones) is 1. The zero-order chi connectivity index (χ0) is 25.3. The zero-order valence-electron chi connectivity index (χ0n) is 20.0. The molecule has 186 valence electrons. The Bertz CT molecular complexity index is 1200. The van der Waals surface area contributed by atoms with E-state index in [0.29, 0.717) is 36.0 Å². The van der Waals surface area contributed by atoms with Gasteiger partial charge in [0.05, 0.1) is 18.4 Å². The molecule has 1 aromatic rings. The summed E-state index contributed by atoms with van der Waals surface area (Å²) in [6, 6.07) is 0. The summed E-state index contributed by atoms with van der Waals surface area (Å²) in [5.41, 5.74) is 0.0216. The molecule has 0 aromatic carbocycles. The van der Waals surface area contributed by atoms with Crippen molar-refractivity contribution >= 4 is 29.3 Å². The van der Waals surface area contributed by atoms with Crippen molar-refractivity contribution in [1.82, 2.24) is 0 Å². The van der Waals surface area contributed by atoms with Gasteiger partial charge in [-0.25, -0.2) is 4.79 Å². The van der Waals surface area contributed by atoms with E-state index in [-0.39, 0.29) is 60.5 Å². The normalized spacial score (nSPS) is 33.2. The van der Waals surface area contributed by atoms with Crippen LogP contribution in [0.2, 0.25) is 0 Å². The first-order valence-corrected chi connectivity index (χ1v) is 11.9. The van der Waals surface area contributed by atoms with Gasteiger partial charge in [0.15, 0.2) is 5.76 Å². The van der Waals surface area contributed by atoms with E-state index < -0.39 is 34.8 Å². The van der Waals surface area contributed by atoms with Gasteiger partial charge in [0, 0.05) is 48.8 Å². The maximum absolute atomic E-state index is 13.9. The Morgan fingerprint density at radius 3 is 2.63 bits per heavy atom. The van der Waals surface area contributed by atoms with Crippen molar-refractivity contribution < 1.29 is 43.0 Å². The molecule has 1 fully saturated rings. The van der Waals surface area contributed by atoms with Gasteiger partial charge in [0.2, 0.25) is 5.78 Å². The molecule has 0 unspecified atom stereocenters. The number of hydrogen-bond donors (Lipinski definition) is 1. The minimum absolute atomic E-state index is 0.000734. The van der Waals surface area contributed by atoms with Crippen LogP contribution in [0.3, 0.4) is 0 Å². The zero-order valence-corrected chi connectivity index (χ0v) is 20.0. The predicted octanol–water partition coefficient (Wildman–Crippen LogP) is 3.04. The lowest BCUT2D eigenvalue weighted by Gasteiger charge is -2.52. The van der Waals surface area contributed by atoms with Crippen LogP contribution in [0, 0.1) is 17.3 Å². The molecular weight excluding hydrogens is 456 g/mol. The molecule has 2 heterocycles. The van der Waals surface area contributed by atoms with Gasteiger partial charge in [-0.15, -0.1) is 0 Å². The molecule has 1 saturated carbocycles. The highest BCUT2D eigenvalue weighted by molar-refractivity contribution is 6.14. The highest BCUT2D eigenvalue weighted by atomic mass is 16.6. The van der Waals surface area contributed by atoms with E-state index in [4.69, 9.17) is 19.0 Å². The number of ether oxygens (including phenoxy) is 2. The van der Waals surface area contributed by atoms with Gasteiger partial charge >= 0.3 is 11.9 Å². The average Bonchev–Trinajstić information content (AvgIpc) is 3.37. The van der Waals surface area contributed by atoms with Crippen molar-refractivity contribution in [2.75, 3.05) is 13.7 Å². The molecular formula is C26H28O9. The molecule has 1 N–H and O–H groups in total. The fourth-order valence-corrected chi connectivity index (χ4v) is 7.04. The van der Waals surface area contributed by atoms with Crippen LogP contribution in [0.5, 0.6) is 0 Å². The molecule has 9 nitrogen and oxygen atoms in total. The molecule has 0 bridgehead atoms. The molecule has 4 aliphatic rings. The van der Waals surface area contributed by atoms with Crippen LogP contribution in [-0.2, 0) is 29.3 Å². The molecule has 3 aliphatic carbocycles. The number of aliphatic carboxylic acids is 1. The SMILES string of the molecule is COC[C@H]1OC(=O)c2coc3c2[C@@]1(C)C1=C(C3=O)[C@@H]2CCC(=O)[C@@]2(C)C[C@H]1CC(=O)CCC(=O)O. The largest absolute Gasteiger partial charge is 0.481 e. The van der Waals surface area contributed by atoms with Crippen molar-refractivity contribution in [1.29, 1.82) is 0 Å². The number of fused-ring (bicyclic) bond motifs is 3. The van der Waals surface area contributed by atoms with Crippen LogP contribution in [0.25, 0.3) is 0 Å². The summed E-state index contributed by atoms with van der Waals surface area (Å²) in [5, 5.41) is 9.03. The molecule has 9 heteroatoms. The van der Waals surface area contributed by atoms with E-state index in [1.807, 2.05) is 13.8 Å². The summed E-state index contributed by atoms with van der Waals surface area (Å²) in [5.74, 6) is -2.94. The summed E-state index contributed by atoms with van der Waals surface area (Å²) in [6.07, 6.45) is 1.30. The Morgan fingerprint density at radius 1 is 1.20 bits per heavy atom. The molecule has 0 saturated heterocycles.